The van der Waals surface area contributed by atoms with E-state index in [0.717, 1.165) is 18.5 Å². The van der Waals surface area contributed by atoms with Crippen LogP contribution in [-0.4, -0.2) is 71.5 Å². The van der Waals surface area contributed by atoms with Crippen molar-refractivity contribution in [2.24, 2.45) is 0 Å². The summed E-state index contributed by atoms with van der Waals surface area (Å²) in [4.78, 5) is 49.4. The van der Waals surface area contributed by atoms with Crippen molar-refractivity contribution in [3.8, 4) is 0 Å². The number of carbonyl (C=O) groups is 4. The standard InChI is InChI=1S/C22H32N4O5S/c1-14(19(27)25-17(22(30)31)10-12-32-2)24-21(29)18(13-15-7-4-3-5-8-15)26-20(28)16-9-6-11-23-16/h3-5,7-8,14,16-18,23H,6,9-13H2,1-2H3,(H,24,29)(H,25,27)(H,26,28)(H,30,31). The Morgan fingerprint density at radius 3 is 2.41 bits per heavy atom. The van der Waals surface area contributed by atoms with Gasteiger partial charge in [0.1, 0.15) is 18.1 Å². The van der Waals surface area contributed by atoms with Gasteiger partial charge in [0.05, 0.1) is 6.04 Å². The Balaban J connectivity index is 2.02. The van der Waals surface area contributed by atoms with Crippen LogP contribution in [0.2, 0.25) is 0 Å². The number of rotatable bonds is 12. The summed E-state index contributed by atoms with van der Waals surface area (Å²) in [6.07, 6.45) is 4.00. The van der Waals surface area contributed by atoms with E-state index in [-0.39, 0.29) is 24.8 Å². The van der Waals surface area contributed by atoms with E-state index in [4.69, 9.17) is 0 Å². The smallest absolute Gasteiger partial charge is 0.326 e. The van der Waals surface area contributed by atoms with Gasteiger partial charge in [0.25, 0.3) is 0 Å². The van der Waals surface area contributed by atoms with Gasteiger partial charge in [0.2, 0.25) is 17.7 Å². The molecule has 1 fully saturated rings. The van der Waals surface area contributed by atoms with Crippen molar-refractivity contribution in [1.82, 2.24) is 21.3 Å². The number of hydrogen-bond donors (Lipinski definition) is 5. The number of benzene rings is 1. The number of amides is 3. The number of aliphatic carboxylic acids is 1. The monoisotopic (exact) mass is 464 g/mol. The lowest BCUT2D eigenvalue weighted by molar-refractivity contribution is -0.142. The summed E-state index contributed by atoms with van der Waals surface area (Å²) in [6.45, 7) is 2.24. The summed E-state index contributed by atoms with van der Waals surface area (Å²) in [5, 5.41) is 20.3. The largest absolute Gasteiger partial charge is 0.480 e. The molecule has 9 nitrogen and oxygen atoms in total. The molecule has 1 heterocycles. The van der Waals surface area contributed by atoms with Crippen molar-refractivity contribution in [3.05, 3.63) is 35.9 Å². The van der Waals surface area contributed by atoms with Gasteiger partial charge in [0, 0.05) is 6.42 Å². The maximum atomic E-state index is 13.0. The molecule has 0 aliphatic carbocycles. The molecule has 1 saturated heterocycles. The summed E-state index contributed by atoms with van der Waals surface area (Å²) < 4.78 is 0. The van der Waals surface area contributed by atoms with E-state index in [1.54, 1.807) is 0 Å². The van der Waals surface area contributed by atoms with Crippen molar-refractivity contribution in [1.29, 1.82) is 0 Å². The highest BCUT2D eigenvalue weighted by atomic mass is 32.2. The van der Waals surface area contributed by atoms with Gasteiger partial charge in [0.15, 0.2) is 0 Å². The molecule has 0 radical (unpaired) electrons. The Bertz CT molecular complexity index is 786. The summed E-state index contributed by atoms with van der Waals surface area (Å²) in [6, 6.07) is 6.09. The van der Waals surface area contributed by atoms with Crippen LogP contribution in [0.5, 0.6) is 0 Å². The number of carboxylic acid groups (broad SMARTS) is 1. The lowest BCUT2D eigenvalue weighted by atomic mass is 10.0. The molecule has 1 aromatic rings. The van der Waals surface area contributed by atoms with E-state index in [2.05, 4.69) is 21.3 Å². The molecule has 3 amide bonds. The molecule has 176 valence electrons. The van der Waals surface area contributed by atoms with Gasteiger partial charge in [-0.1, -0.05) is 30.3 Å². The van der Waals surface area contributed by atoms with E-state index in [9.17, 15) is 24.3 Å². The second kappa shape index (κ2) is 13.1. The van der Waals surface area contributed by atoms with Crippen LogP contribution in [0.4, 0.5) is 0 Å². The normalized spacial score (nSPS) is 18.2. The Hall–Kier alpha value is -2.59. The molecular formula is C22H32N4O5S. The molecule has 2 rings (SSSR count). The molecule has 10 heteroatoms. The summed E-state index contributed by atoms with van der Waals surface area (Å²) in [7, 11) is 0. The first-order valence-electron chi connectivity index (χ1n) is 10.7. The minimum atomic E-state index is -1.12. The predicted molar refractivity (Wildman–Crippen MR) is 123 cm³/mol. The molecular weight excluding hydrogens is 432 g/mol. The fourth-order valence-electron chi connectivity index (χ4n) is 3.41. The van der Waals surface area contributed by atoms with E-state index in [1.165, 1.54) is 18.7 Å². The fourth-order valence-corrected chi connectivity index (χ4v) is 3.88. The molecule has 4 atom stereocenters. The van der Waals surface area contributed by atoms with Crippen LogP contribution in [0.1, 0.15) is 31.7 Å². The van der Waals surface area contributed by atoms with E-state index in [0.29, 0.717) is 12.2 Å². The van der Waals surface area contributed by atoms with Gasteiger partial charge in [-0.3, -0.25) is 14.4 Å². The van der Waals surface area contributed by atoms with Gasteiger partial charge in [-0.2, -0.15) is 11.8 Å². The van der Waals surface area contributed by atoms with E-state index in [1.807, 2.05) is 36.6 Å². The van der Waals surface area contributed by atoms with Crippen LogP contribution >= 0.6 is 11.8 Å². The zero-order valence-electron chi connectivity index (χ0n) is 18.4. The molecule has 0 saturated carbocycles. The van der Waals surface area contributed by atoms with Crippen LogP contribution in [0.3, 0.4) is 0 Å². The Labute approximate surface area is 192 Å². The average molecular weight is 465 g/mol. The Kier molecular flexibility index (Phi) is 10.5. The molecule has 0 aromatic heterocycles. The third-order valence-electron chi connectivity index (χ3n) is 5.27. The highest BCUT2D eigenvalue weighted by Crippen LogP contribution is 2.08. The van der Waals surface area contributed by atoms with Crippen molar-refractivity contribution in [3.63, 3.8) is 0 Å². The van der Waals surface area contributed by atoms with Crippen LogP contribution in [0, 0.1) is 0 Å². The second-order valence-corrected chi connectivity index (χ2v) is 8.80. The molecule has 0 spiro atoms. The molecule has 4 unspecified atom stereocenters. The first kappa shape index (κ1) is 25.7. The lowest BCUT2D eigenvalue weighted by Crippen LogP contribution is -2.56. The first-order chi connectivity index (χ1) is 15.3. The summed E-state index contributed by atoms with van der Waals surface area (Å²) in [5.41, 5.74) is 0.868. The zero-order valence-corrected chi connectivity index (χ0v) is 19.2. The maximum Gasteiger partial charge on any atom is 0.326 e. The second-order valence-electron chi connectivity index (χ2n) is 7.81. The Morgan fingerprint density at radius 1 is 1.09 bits per heavy atom. The summed E-state index contributed by atoms with van der Waals surface area (Å²) in [5.74, 6) is -1.88. The fraction of sp³-hybridized carbons (Fsp3) is 0.545. The van der Waals surface area contributed by atoms with Gasteiger partial charge < -0.3 is 26.4 Å². The van der Waals surface area contributed by atoms with Crippen molar-refractivity contribution < 1.29 is 24.3 Å². The highest BCUT2D eigenvalue weighted by molar-refractivity contribution is 7.98. The molecule has 32 heavy (non-hydrogen) atoms. The van der Waals surface area contributed by atoms with Gasteiger partial charge in [-0.25, -0.2) is 4.79 Å². The third-order valence-corrected chi connectivity index (χ3v) is 5.91. The third kappa shape index (κ3) is 8.16. The average Bonchev–Trinajstić information content (AvgIpc) is 3.31. The molecule has 0 bridgehead atoms. The first-order valence-corrected chi connectivity index (χ1v) is 12.1. The number of carbonyl (C=O) groups excluding carboxylic acids is 3. The molecule has 5 N–H and O–H groups in total. The van der Waals surface area contributed by atoms with Crippen LogP contribution < -0.4 is 21.3 Å². The number of hydrogen-bond acceptors (Lipinski definition) is 6. The molecule has 1 aliphatic rings. The van der Waals surface area contributed by atoms with E-state index < -0.39 is 35.9 Å². The quantitative estimate of drug-likeness (QED) is 0.300. The lowest BCUT2D eigenvalue weighted by Gasteiger charge is -2.23. The number of thioether (sulfide) groups is 1. The van der Waals surface area contributed by atoms with Crippen LogP contribution in [0.25, 0.3) is 0 Å². The number of carboxylic acids is 1. The minimum absolute atomic E-state index is 0.251. The molecule has 1 aromatic carbocycles. The number of nitrogens with one attached hydrogen (secondary N) is 4. The maximum absolute atomic E-state index is 13.0. The van der Waals surface area contributed by atoms with Gasteiger partial charge in [-0.15, -0.1) is 0 Å². The van der Waals surface area contributed by atoms with Crippen molar-refractivity contribution in [2.75, 3.05) is 18.6 Å². The minimum Gasteiger partial charge on any atom is -0.480 e. The van der Waals surface area contributed by atoms with Crippen LogP contribution in [-0.2, 0) is 25.6 Å². The van der Waals surface area contributed by atoms with Gasteiger partial charge >= 0.3 is 5.97 Å². The zero-order chi connectivity index (χ0) is 23.5. The topological polar surface area (TPSA) is 137 Å². The molecule has 1 aliphatic heterocycles. The summed E-state index contributed by atoms with van der Waals surface area (Å²) >= 11 is 1.48. The SMILES string of the molecule is CSCCC(NC(=O)C(C)NC(=O)C(Cc1ccccc1)NC(=O)C1CCCN1)C(=O)O. The van der Waals surface area contributed by atoms with Gasteiger partial charge in [-0.05, 0) is 50.3 Å². The Morgan fingerprint density at radius 2 is 1.81 bits per heavy atom. The predicted octanol–water partition coefficient (Wildman–Crippen LogP) is 0.293. The van der Waals surface area contributed by atoms with E-state index >= 15 is 0 Å². The van der Waals surface area contributed by atoms with Crippen LogP contribution in [0.15, 0.2) is 30.3 Å². The highest BCUT2D eigenvalue weighted by Gasteiger charge is 2.30. The van der Waals surface area contributed by atoms with Crippen molar-refractivity contribution >= 4 is 35.5 Å². The van der Waals surface area contributed by atoms with Crippen molar-refractivity contribution in [2.45, 2.75) is 56.8 Å².